The summed E-state index contributed by atoms with van der Waals surface area (Å²) in [5.74, 6) is -0.388. The van der Waals surface area contributed by atoms with E-state index in [-0.39, 0.29) is 11.5 Å². The molecule has 1 heterocycles. The first-order valence-corrected chi connectivity index (χ1v) is 7.45. The first kappa shape index (κ1) is 15.6. The fraction of sp³-hybridized carbons (Fsp3) is 0.278. The highest BCUT2D eigenvalue weighted by molar-refractivity contribution is 6.06. The largest absolute Gasteiger partial charge is 0.416 e. The molecule has 0 spiro atoms. The third-order valence-corrected chi connectivity index (χ3v) is 4.04. The maximum Gasteiger partial charge on any atom is 0.416 e. The number of nitrogens with zero attached hydrogens (tertiary/aromatic N) is 1. The molecule has 2 aromatic rings. The summed E-state index contributed by atoms with van der Waals surface area (Å²) in [7, 11) is 0. The molecule has 0 radical (unpaired) electrons. The zero-order valence-electron chi connectivity index (χ0n) is 12.7. The van der Waals surface area contributed by atoms with Gasteiger partial charge in [0.2, 0.25) is 0 Å². The Bertz CT molecular complexity index is 752. The van der Waals surface area contributed by atoms with Gasteiger partial charge in [0.1, 0.15) is 0 Å². The van der Waals surface area contributed by atoms with Crippen LogP contribution in [0.25, 0.3) is 0 Å². The highest BCUT2D eigenvalue weighted by Gasteiger charge is 2.32. The van der Waals surface area contributed by atoms with Crippen LogP contribution in [-0.2, 0) is 12.6 Å². The van der Waals surface area contributed by atoms with Crippen LogP contribution in [-0.4, -0.2) is 12.5 Å². The Morgan fingerprint density at radius 2 is 1.91 bits per heavy atom. The predicted molar refractivity (Wildman–Crippen MR) is 82.6 cm³/mol. The number of hydrogen-bond donors (Lipinski definition) is 0. The fourth-order valence-electron chi connectivity index (χ4n) is 2.92. The molecule has 0 fully saturated rings. The average Bonchev–Trinajstić information content (AvgIpc) is 2.52. The Hall–Kier alpha value is -2.30. The van der Waals surface area contributed by atoms with Crippen molar-refractivity contribution in [1.29, 1.82) is 0 Å². The van der Waals surface area contributed by atoms with Gasteiger partial charge in [0.15, 0.2) is 0 Å². The molecule has 1 amide bonds. The van der Waals surface area contributed by atoms with E-state index < -0.39 is 11.7 Å². The molecule has 2 aromatic carbocycles. The van der Waals surface area contributed by atoms with Crippen molar-refractivity contribution in [2.24, 2.45) is 0 Å². The van der Waals surface area contributed by atoms with Crippen molar-refractivity contribution in [3.8, 4) is 0 Å². The number of aryl methyl sites for hydroxylation is 2. The van der Waals surface area contributed by atoms with Gasteiger partial charge in [-0.1, -0.05) is 23.8 Å². The molecule has 0 aliphatic carbocycles. The molecule has 0 aromatic heterocycles. The smallest absolute Gasteiger partial charge is 0.308 e. The molecule has 0 saturated heterocycles. The zero-order chi connectivity index (χ0) is 16.6. The summed E-state index contributed by atoms with van der Waals surface area (Å²) in [5.41, 5.74) is 2.23. The number of amides is 1. The van der Waals surface area contributed by atoms with Gasteiger partial charge in [-0.25, -0.2) is 0 Å². The second-order valence-electron chi connectivity index (χ2n) is 5.77. The standard InChI is InChI=1S/C18H16F3NO/c1-12-7-8-16-13(10-12)5-3-9-22(16)17(23)14-4-2-6-15(11-14)18(19,20)21/h2,4,6-8,10-11H,3,5,9H2,1H3. The van der Waals surface area contributed by atoms with Gasteiger partial charge in [0.05, 0.1) is 5.56 Å². The molecule has 1 aliphatic heterocycles. The molecule has 5 heteroatoms. The van der Waals surface area contributed by atoms with Crippen LogP contribution in [0, 0.1) is 6.92 Å². The van der Waals surface area contributed by atoms with E-state index in [2.05, 4.69) is 0 Å². The summed E-state index contributed by atoms with van der Waals surface area (Å²) in [6.07, 6.45) is -2.77. The van der Waals surface area contributed by atoms with Crippen molar-refractivity contribution in [3.63, 3.8) is 0 Å². The minimum absolute atomic E-state index is 0.0632. The van der Waals surface area contributed by atoms with Crippen LogP contribution in [0.15, 0.2) is 42.5 Å². The van der Waals surface area contributed by atoms with Crippen molar-refractivity contribution < 1.29 is 18.0 Å². The number of alkyl halides is 3. The van der Waals surface area contributed by atoms with Crippen LogP contribution in [0.5, 0.6) is 0 Å². The average molecular weight is 319 g/mol. The molecule has 2 nitrogen and oxygen atoms in total. The monoisotopic (exact) mass is 319 g/mol. The minimum Gasteiger partial charge on any atom is -0.308 e. The lowest BCUT2D eigenvalue weighted by atomic mass is 9.98. The first-order chi connectivity index (χ1) is 10.9. The van der Waals surface area contributed by atoms with Crippen molar-refractivity contribution in [2.75, 3.05) is 11.4 Å². The lowest BCUT2D eigenvalue weighted by Gasteiger charge is -2.30. The van der Waals surface area contributed by atoms with Gasteiger partial charge in [0.25, 0.3) is 5.91 Å². The number of halogens is 3. The zero-order valence-corrected chi connectivity index (χ0v) is 12.7. The van der Waals surface area contributed by atoms with Crippen molar-refractivity contribution in [2.45, 2.75) is 25.9 Å². The molecule has 0 bridgehead atoms. The van der Waals surface area contributed by atoms with Crippen LogP contribution in [0.2, 0.25) is 0 Å². The molecular weight excluding hydrogens is 303 g/mol. The van der Waals surface area contributed by atoms with Gasteiger partial charge in [0, 0.05) is 17.8 Å². The number of carbonyl (C=O) groups is 1. The Labute approximate surface area is 132 Å². The van der Waals surface area contributed by atoms with Gasteiger partial charge in [-0.15, -0.1) is 0 Å². The number of anilines is 1. The lowest BCUT2D eigenvalue weighted by molar-refractivity contribution is -0.137. The number of hydrogen-bond acceptors (Lipinski definition) is 1. The van der Waals surface area contributed by atoms with E-state index in [0.29, 0.717) is 6.54 Å². The maximum atomic E-state index is 12.8. The highest BCUT2D eigenvalue weighted by atomic mass is 19.4. The third kappa shape index (κ3) is 3.09. The lowest BCUT2D eigenvalue weighted by Crippen LogP contribution is -2.35. The summed E-state index contributed by atoms with van der Waals surface area (Å²) < 4.78 is 38.5. The Balaban J connectivity index is 1.96. The van der Waals surface area contributed by atoms with Gasteiger partial charge in [-0.05, 0) is 49.6 Å². The van der Waals surface area contributed by atoms with Crippen molar-refractivity contribution >= 4 is 11.6 Å². The summed E-state index contributed by atoms with van der Waals surface area (Å²) in [6, 6.07) is 10.4. The van der Waals surface area contributed by atoms with Crippen LogP contribution in [0.4, 0.5) is 18.9 Å². The fourth-order valence-corrected chi connectivity index (χ4v) is 2.92. The van der Waals surface area contributed by atoms with Crippen LogP contribution < -0.4 is 4.90 Å². The summed E-state index contributed by atoms with van der Waals surface area (Å²) >= 11 is 0. The van der Waals surface area contributed by atoms with Gasteiger partial charge < -0.3 is 4.90 Å². The van der Waals surface area contributed by atoms with Crippen molar-refractivity contribution in [1.82, 2.24) is 0 Å². The van der Waals surface area contributed by atoms with E-state index in [1.807, 2.05) is 25.1 Å². The molecule has 0 N–H and O–H groups in total. The molecule has 0 saturated carbocycles. The van der Waals surface area contributed by atoms with E-state index in [1.54, 1.807) is 4.90 Å². The highest BCUT2D eigenvalue weighted by Crippen LogP contribution is 2.32. The Kier molecular flexibility index (Phi) is 3.88. The normalized spacial score (nSPS) is 14.5. The number of benzene rings is 2. The quantitative estimate of drug-likeness (QED) is 0.752. The van der Waals surface area contributed by atoms with Crippen molar-refractivity contribution in [3.05, 3.63) is 64.7 Å². The van der Waals surface area contributed by atoms with E-state index in [0.717, 1.165) is 41.8 Å². The predicted octanol–water partition coefficient (Wildman–Crippen LogP) is 4.61. The summed E-state index contributed by atoms with van der Waals surface area (Å²) in [6.45, 7) is 2.50. The Morgan fingerprint density at radius 3 is 2.65 bits per heavy atom. The third-order valence-electron chi connectivity index (χ3n) is 4.04. The maximum absolute atomic E-state index is 12.8. The molecule has 120 valence electrons. The van der Waals surface area contributed by atoms with Crippen LogP contribution in [0.1, 0.15) is 33.5 Å². The molecule has 3 rings (SSSR count). The summed E-state index contributed by atoms with van der Waals surface area (Å²) in [5, 5.41) is 0. The van der Waals surface area contributed by atoms with E-state index in [9.17, 15) is 18.0 Å². The van der Waals surface area contributed by atoms with Gasteiger partial charge in [-0.3, -0.25) is 4.79 Å². The van der Waals surface area contributed by atoms with Crippen LogP contribution >= 0.6 is 0 Å². The van der Waals surface area contributed by atoms with E-state index in [1.165, 1.54) is 12.1 Å². The van der Waals surface area contributed by atoms with Crippen LogP contribution in [0.3, 0.4) is 0 Å². The molecular formula is C18H16F3NO. The molecule has 0 unspecified atom stereocenters. The first-order valence-electron chi connectivity index (χ1n) is 7.45. The number of carbonyl (C=O) groups excluding carboxylic acids is 1. The second kappa shape index (κ2) is 5.72. The SMILES string of the molecule is Cc1ccc2c(c1)CCCN2C(=O)c1cccc(C(F)(F)F)c1. The Morgan fingerprint density at radius 1 is 1.13 bits per heavy atom. The molecule has 1 aliphatic rings. The minimum atomic E-state index is -4.45. The van der Waals surface area contributed by atoms with E-state index >= 15 is 0 Å². The van der Waals surface area contributed by atoms with Gasteiger partial charge >= 0.3 is 6.18 Å². The van der Waals surface area contributed by atoms with E-state index in [4.69, 9.17) is 0 Å². The summed E-state index contributed by atoms with van der Waals surface area (Å²) in [4.78, 5) is 14.3. The topological polar surface area (TPSA) is 20.3 Å². The molecule has 23 heavy (non-hydrogen) atoms. The number of fused-ring (bicyclic) bond motifs is 1. The second-order valence-corrected chi connectivity index (χ2v) is 5.77. The molecule has 0 atom stereocenters. The van der Waals surface area contributed by atoms with Gasteiger partial charge in [-0.2, -0.15) is 13.2 Å². The number of rotatable bonds is 1.